The van der Waals surface area contributed by atoms with Crippen LogP contribution in [0.1, 0.15) is 41.7 Å². The van der Waals surface area contributed by atoms with Gasteiger partial charge in [0.15, 0.2) is 0 Å². The largest absolute Gasteiger partial charge is 0.335 e. The molecule has 0 spiro atoms. The molecule has 0 bridgehead atoms. The van der Waals surface area contributed by atoms with Gasteiger partial charge in [-0.3, -0.25) is 19.7 Å². The smallest absolute Gasteiger partial charge is 0.269 e. The Morgan fingerprint density at radius 2 is 1.96 bits per heavy atom. The first-order valence-corrected chi connectivity index (χ1v) is 8.80. The van der Waals surface area contributed by atoms with Crippen molar-refractivity contribution in [2.75, 3.05) is 18.5 Å². The fourth-order valence-electron chi connectivity index (χ4n) is 3.23. The molecular formula is C20H21N3O4. The molecule has 1 saturated heterocycles. The third-order valence-electron chi connectivity index (χ3n) is 4.94. The van der Waals surface area contributed by atoms with Gasteiger partial charge in [0.25, 0.3) is 11.6 Å². The maximum atomic E-state index is 12.9. The van der Waals surface area contributed by atoms with Crippen LogP contribution in [0.4, 0.5) is 11.4 Å². The van der Waals surface area contributed by atoms with Gasteiger partial charge in [0.05, 0.1) is 11.0 Å². The second-order valence-electron chi connectivity index (χ2n) is 6.64. The molecule has 2 aromatic rings. The van der Waals surface area contributed by atoms with Gasteiger partial charge in [0, 0.05) is 43.4 Å². The lowest BCUT2D eigenvalue weighted by molar-refractivity contribution is -0.384. The topological polar surface area (TPSA) is 83.8 Å². The Bertz CT molecular complexity index is 896. The van der Waals surface area contributed by atoms with E-state index in [0.29, 0.717) is 24.1 Å². The van der Waals surface area contributed by atoms with E-state index in [9.17, 15) is 19.7 Å². The van der Waals surface area contributed by atoms with Crippen molar-refractivity contribution < 1.29 is 14.5 Å². The van der Waals surface area contributed by atoms with E-state index in [-0.39, 0.29) is 23.5 Å². The van der Waals surface area contributed by atoms with Crippen LogP contribution in [0.5, 0.6) is 0 Å². The highest BCUT2D eigenvalue weighted by atomic mass is 16.6. The van der Waals surface area contributed by atoms with E-state index in [1.54, 1.807) is 47.2 Å². The molecule has 0 N–H and O–H groups in total. The Morgan fingerprint density at radius 3 is 2.63 bits per heavy atom. The number of benzene rings is 2. The van der Waals surface area contributed by atoms with Crippen LogP contribution < -0.4 is 4.90 Å². The van der Waals surface area contributed by atoms with Crippen LogP contribution in [-0.4, -0.2) is 35.2 Å². The summed E-state index contributed by atoms with van der Waals surface area (Å²) in [6.07, 6.45) is 1.35. The molecule has 7 heteroatoms. The second-order valence-corrected chi connectivity index (χ2v) is 6.64. The average Bonchev–Trinajstić information content (AvgIpc) is 3.12. The predicted molar refractivity (Wildman–Crippen MR) is 102 cm³/mol. The quantitative estimate of drug-likeness (QED) is 0.597. The molecule has 1 atom stereocenters. The molecule has 0 aromatic heterocycles. The summed E-state index contributed by atoms with van der Waals surface area (Å²) in [5.41, 5.74) is 1.88. The van der Waals surface area contributed by atoms with Gasteiger partial charge in [-0.25, -0.2) is 0 Å². The van der Waals surface area contributed by atoms with E-state index < -0.39 is 4.92 Å². The Hall–Kier alpha value is -3.22. The SMILES string of the molecule is CC(c1cccc([N+](=O)[O-])c1)N(C)C(=O)c1cccc(N2CCCC2=O)c1. The number of rotatable bonds is 5. The van der Waals surface area contributed by atoms with E-state index in [4.69, 9.17) is 0 Å². The first-order chi connectivity index (χ1) is 12.9. The molecule has 7 nitrogen and oxygen atoms in total. The summed E-state index contributed by atoms with van der Waals surface area (Å²) in [5, 5.41) is 11.0. The summed E-state index contributed by atoms with van der Waals surface area (Å²) >= 11 is 0. The minimum Gasteiger partial charge on any atom is -0.335 e. The molecule has 2 amide bonds. The van der Waals surface area contributed by atoms with Crippen molar-refractivity contribution in [3.63, 3.8) is 0 Å². The van der Waals surface area contributed by atoms with Gasteiger partial charge in [-0.15, -0.1) is 0 Å². The number of carbonyl (C=O) groups is 2. The van der Waals surface area contributed by atoms with E-state index in [0.717, 1.165) is 12.1 Å². The summed E-state index contributed by atoms with van der Waals surface area (Å²) in [7, 11) is 1.67. The van der Waals surface area contributed by atoms with E-state index in [1.165, 1.54) is 12.1 Å². The number of hydrogen-bond acceptors (Lipinski definition) is 4. The Kier molecular flexibility index (Phi) is 5.21. The van der Waals surface area contributed by atoms with Crippen LogP contribution in [-0.2, 0) is 4.79 Å². The van der Waals surface area contributed by atoms with Gasteiger partial charge in [0.2, 0.25) is 5.91 Å². The molecule has 0 aliphatic carbocycles. The lowest BCUT2D eigenvalue weighted by Crippen LogP contribution is -2.30. The van der Waals surface area contributed by atoms with Crippen molar-refractivity contribution in [2.45, 2.75) is 25.8 Å². The molecular weight excluding hydrogens is 346 g/mol. The van der Waals surface area contributed by atoms with Crippen molar-refractivity contribution in [3.05, 3.63) is 69.8 Å². The number of carbonyl (C=O) groups excluding carboxylic acids is 2. The average molecular weight is 367 g/mol. The number of amides is 2. The minimum atomic E-state index is -0.450. The first-order valence-electron chi connectivity index (χ1n) is 8.80. The zero-order valence-electron chi connectivity index (χ0n) is 15.3. The zero-order valence-corrected chi connectivity index (χ0v) is 15.3. The summed E-state index contributed by atoms with van der Waals surface area (Å²) in [5.74, 6) is -0.139. The molecule has 1 fully saturated rings. The van der Waals surface area contributed by atoms with Crippen LogP contribution >= 0.6 is 0 Å². The number of hydrogen-bond donors (Lipinski definition) is 0. The Labute approximate surface area is 157 Å². The minimum absolute atomic E-state index is 0.00487. The van der Waals surface area contributed by atoms with E-state index >= 15 is 0 Å². The maximum Gasteiger partial charge on any atom is 0.269 e. The highest BCUT2D eigenvalue weighted by molar-refractivity contribution is 5.99. The molecule has 0 radical (unpaired) electrons. The highest BCUT2D eigenvalue weighted by Crippen LogP contribution is 2.26. The second kappa shape index (κ2) is 7.57. The summed E-state index contributed by atoms with van der Waals surface area (Å²) < 4.78 is 0. The highest BCUT2D eigenvalue weighted by Gasteiger charge is 2.24. The fourth-order valence-corrected chi connectivity index (χ4v) is 3.23. The molecule has 27 heavy (non-hydrogen) atoms. The Morgan fingerprint density at radius 1 is 1.22 bits per heavy atom. The van der Waals surface area contributed by atoms with Crippen molar-refractivity contribution in [2.24, 2.45) is 0 Å². The van der Waals surface area contributed by atoms with Gasteiger partial charge < -0.3 is 9.80 Å². The molecule has 0 saturated carbocycles. The molecule has 1 aliphatic heterocycles. The van der Waals surface area contributed by atoms with Crippen LogP contribution in [0.3, 0.4) is 0 Å². The molecule has 1 aliphatic rings. The molecule has 2 aromatic carbocycles. The Balaban J connectivity index is 1.82. The van der Waals surface area contributed by atoms with Gasteiger partial charge in [-0.1, -0.05) is 18.2 Å². The number of anilines is 1. The van der Waals surface area contributed by atoms with Gasteiger partial charge >= 0.3 is 0 Å². The number of non-ortho nitro benzene ring substituents is 1. The number of nitro benzene ring substituents is 1. The molecule has 1 heterocycles. The summed E-state index contributed by atoms with van der Waals surface area (Å²) in [6.45, 7) is 2.49. The molecule has 3 rings (SSSR count). The van der Waals surface area contributed by atoms with Crippen molar-refractivity contribution in [3.8, 4) is 0 Å². The van der Waals surface area contributed by atoms with Crippen molar-refractivity contribution in [1.29, 1.82) is 0 Å². The lowest BCUT2D eigenvalue weighted by atomic mass is 10.1. The predicted octanol–water partition coefficient (Wildman–Crippen LogP) is 3.55. The monoisotopic (exact) mass is 367 g/mol. The van der Waals surface area contributed by atoms with Crippen molar-refractivity contribution in [1.82, 2.24) is 4.90 Å². The van der Waals surface area contributed by atoms with Gasteiger partial charge in [-0.2, -0.15) is 0 Å². The van der Waals surface area contributed by atoms with E-state index in [2.05, 4.69) is 0 Å². The van der Waals surface area contributed by atoms with Crippen LogP contribution in [0.15, 0.2) is 48.5 Å². The number of nitro groups is 1. The fraction of sp³-hybridized carbons (Fsp3) is 0.300. The van der Waals surface area contributed by atoms with Crippen LogP contribution in [0.25, 0.3) is 0 Å². The zero-order chi connectivity index (χ0) is 19.6. The third kappa shape index (κ3) is 3.81. The summed E-state index contributed by atoms with van der Waals surface area (Å²) in [4.78, 5) is 38.6. The first kappa shape index (κ1) is 18.6. The molecule has 1 unspecified atom stereocenters. The van der Waals surface area contributed by atoms with E-state index in [1.807, 2.05) is 13.0 Å². The van der Waals surface area contributed by atoms with Gasteiger partial charge in [0.1, 0.15) is 0 Å². The van der Waals surface area contributed by atoms with Crippen LogP contribution in [0, 0.1) is 10.1 Å². The standard InChI is InChI=1S/C20H21N3O4/c1-14(15-6-3-9-18(12-15)23(26)27)21(2)20(25)16-7-4-8-17(13-16)22-11-5-10-19(22)24/h3-4,6-9,12-14H,5,10-11H2,1-2H3. The number of nitrogens with zero attached hydrogens (tertiary/aromatic N) is 3. The summed E-state index contributed by atoms with van der Waals surface area (Å²) in [6, 6.07) is 13.0. The maximum absolute atomic E-state index is 12.9. The van der Waals surface area contributed by atoms with Crippen LogP contribution in [0.2, 0.25) is 0 Å². The lowest BCUT2D eigenvalue weighted by Gasteiger charge is -2.26. The molecule has 140 valence electrons. The van der Waals surface area contributed by atoms with Crippen molar-refractivity contribution >= 4 is 23.2 Å². The normalized spacial score (nSPS) is 14.9. The van der Waals surface area contributed by atoms with Gasteiger partial charge in [-0.05, 0) is 37.1 Å². The third-order valence-corrected chi connectivity index (χ3v) is 4.94.